The highest BCUT2D eigenvalue weighted by Crippen LogP contribution is 2.28. The molecule has 2 aromatic rings. The molecular weight excluding hydrogens is 256 g/mol. The zero-order chi connectivity index (χ0) is 13.5. The summed E-state index contributed by atoms with van der Waals surface area (Å²) in [6.45, 7) is 0. The molecule has 0 bridgehead atoms. The zero-order valence-electron chi connectivity index (χ0n) is 10.4. The summed E-state index contributed by atoms with van der Waals surface area (Å²) < 4.78 is 0. The Kier molecular flexibility index (Phi) is 4.54. The van der Waals surface area contributed by atoms with Crippen molar-refractivity contribution in [2.24, 2.45) is 4.99 Å². The Morgan fingerprint density at radius 2 is 2.05 bits per heavy atom. The van der Waals surface area contributed by atoms with Crippen LogP contribution in [-0.4, -0.2) is 16.4 Å². The Hall–Kier alpha value is -2.32. The van der Waals surface area contributed by atoms with Crippen LogP contribution >= 0.6 is 11.8 Å². The van der Waals surface area contributed by atoms with Crippen molar-refractivity contribution in [2.75, 3.05) is 6.26 Å². The highest BCUT2D eigenvalue weighted by atomic mass is 32.2. The van der Waals surface area contributed by atoms with Crippen molar-refractivity contribution >= 4 is 22.6 Å². The van der Waals surface area contributed by atoms with E-state index in [1.54, 1.807) is 6.20 Å². The van der Waals surface area contributed by atoms with Crippen LogP contribution in [0.1, 0.15) is 0 Å². The van der Waals surface area contributed by atoms with Crippen molar-refractivity contribution in [3.05, 3.63) is 48.7 Å². The van der Waals surface area contributed by atoms with Gasteiger partial charge in [-0.1, -0.05) is 36.0 Å². The average molecular weight is 268 g/mol. The molecule has 0 aliphatic carbocycles. The number of rotatable bonds is 2. The van der Waals surface area contributed by atoms with E-state index in [9.17, 15) is 0 Å². The zero-order valence-corrected chi connectivity index (χ0v) is 11.2. The van der Waals surface area contributed by atoms with Crippen LogP contribution in [0.25, 0.3) is 11.3 Å². The summed E-state index contributed by atoms with van der Waals surface area (Å²) in [5, 5.41) is 11.8. The lowest BCUT2D eigenvalue weighted by atomic mass is 10.1. The molecule has 1 heterocycles. The first-order valence-electron chi connectivity index (χ1n) is 5.63. The Labute approximate surface area is 116 Å². The maximum Gasteiger partial charge on any atom is 0.183 e. The van der Waals surface area contributed by atoms with Crippen molar-refractivity contribution in [2.45, 2.75) is 0 Å². The third-order valence-electron chi connectivity index (χ3n) is 2.42. The molecule has 0 unspecified atom stereocenters. The summed E-state index contributed by atoms with van der Waals surface area (Å²) in [6, 6.07) is 13.5. The third-order valence-corrected chi connectivity index (χ3v) is 3.00. The van der Waals surface area contributed by atoms with Gasteiger partial charge in [0.25, 0.3) is 0 Å². The fourth-order valence-corrected chi connectivity index (χ4v) is 1.93. The lowest BCUT2D eigenvalue weighted by molar-refractivity contribution is 1.27. The topological polar surface area (TPSA) is 61.1 Å². The van der Waals surface area contributed by atoms with Gasteiger partial charge < -0.3 is 0 Å². The summed E-state index contributed by atoms with van der Waals surface area (Å²) >= 11 is 1.39. The predicted molar refractivity (Wildman–Crippen MR) is 79.0 cm³/mol. The van der Waals surface area contributed by atoms with Crippen molar-refractivity contribution < 1.29 is 0 Å². The van der Waals surface area contributed by atoms with E-state index < -0.39 is 0 Å². The maximum absolute atomic E-state index is 8.66. The van der Waals surface area contributed by atoms with Crippen molar-refractivity contribution in [3.8, 4) is 17.5 Å². The van der Waals surface area contributed by atoms with Crippen LogP contribution in [-0.2, 0) is 0 Å². The van der Waals surface area contributed by atoms with Gasteiger partial charge in [-0.2, -0.15) is 5.26 Å². The van der Waals surface area contributed by atoms with Gasteiger partial charge in [0.2, 0.25) is 0 Å². The first-order chi connectivity index (χ1) is 9.35. The van der Waals surface area contributed by atoms with E-state index in [1.807, 2.05) is 54.9 Å². The normalized spacial score (nSPS) is 10.8. The van der Waals surface area contributed by atoms with E-state index in [4.69, 9.17) is 5.26 Å². The summed E-state index contributed by atoms with van der Waals surface area (Å²) in [4.78, 5) is 8.78. The first kappa shape index (κ1) is 13.1. The maximum atomic E-state index is 8.66. The van der Waals surface area contributed by atoms with E-state index in [0.29, 0.717) is 5.17 Å². The lowest BCUT2D eigenvalue weighted by Gasteiger charge is -2.06. The molecule has 94 valence electrons. The third kappa shape index (κ3) is 3.33. The minimum absolute atomic E-state index is 0.561. The fraction of sp³-hybridized carbons (Fsp3) is 0.0714. The van der Waals surface area contributed by atoms with Gasteiger partial charge >= 0.3 is 0 Å². The fourth-order valence-electron chi connectivity index (χ4n) is 1.59. The number of nitrogens with zero attached hydrogens (tertiary/aromatic N) is 3. The van der Waals surface area contributed by atoms with Crippen LogP contribution in [0.4, 0.5) is 5.69 Å². The molecule has 0 aliphatic heterocycles. The summed E-state index contributed by atoms with van der Waals surface area (Å²) in [6.07, 6.45) is 5.50. The van der Waals surface area contributed by atoms with Crippen LogP contribution in [0.5, 0.6) is 0 Å². The Balaban J connectivity index is 2.45. The molecule has 4 nitrogen and oxygen atoms in total. The van der Waals surface area contributed by atoms with Gasteiger partial charge in [-0.15, -0.1) is 0 Å². The van der Waals surface area contributed by atoms with E-state index >= 15 is 0 Å². The van der Waals surface area contributed by atoms with E-state index in [1.165, 1.54) is 11.8 Å². The highest BCUT2D eigenvalue weighted by Gasteiger charge is 2.05. The second kappa shape index (κ2) is 6.57. The van der Waals surface area contributed by atoms with Crippen molar-refractivity contribution in [1.29, 1.82) is 5.26 Å². The molecule has 1 N–H and O–H groups in total. The summed E-state index contributed by atoms with van der Waals surface area (Å²) in [5.74, 6) is 0. The van der Waals surface area contributed by atoms with Gasteiger partial charge in [0.1, 0.15) is 0 Å². The molecule has 0 spiro atoms. The summed E-state index contributed by atoms with van der Waals surface area (Å²) in [5.41, 5.74) is 2.59. The second-order valence-electron chi connectivity index (χ2n) is 3.59. The Bertz CT molecular complexity index is 617. The Morgan fingerprint density at radius 1 is 1.26 bits per heavy atom. The number of nitriles is 1. The van der Waals surface area contributed by atoms with Gasteiger partial charge in [0, 0.05) is 11.8 Å². The van der Waals surface area contributed by atoms with Crippen molar-refractivity contribution in [3.63, 3.8) is 0 Å². The molecule has 0 radical (unpaired) electrons. The quantitative estimate of drug-likeness (QED) is 0.393. The number of benzene rings is 1. The number of amidine groups is 1. The van der Waals surface area contributed by atoms with Crippen LogP contribution in [0.3, 0.4) is 0 Å². The molecule has 0 amide bonds. The minimum atomic E-state index is 0.561. The molecule has 0 aliphatic rings. The molecule has 19 heavy (non-hydrogen) atoms. The largest absolute Gasteiger partial charge is 0.271 e. The average Bonchev–Trinajstić information content (AvgIpc) is 2.48. The SMILES string of the molecule is CSC(=Nc1ccccc1-c1ccccn1)NC#N. The number of hydrogen-bond donors (Lipinski definition) is 1. The van der Waals surface area contributed by atoms with E-state index in [-0.39, 0.29) is 0 Å². The van der Waals surface area contributed by atoms with Gasteiger partial charge in [0.15, 0.2) is 11.4 Å². The number of pyridine rings is 1. The Morgan fingerprint density at radius 3 is 2.74 bits per heavy atom. The molecule has 1 aromatic heterocycles. The van der Waals surface area contributed by atoms with Crippen LogP contribution < -0.4 is 5.32 Å². The van der Waals surface area contributed by atoms with E-state index in [0.717, 1.165) is 16.9 Å². The van der Waals surface area contributed by atoms with Gasteiger partial charge in [-0.25, -0.2) is 4.99 Å². The molecule has 0 atom stereocenters. The molecule has 0 saturated carbocycles. The van der Waals surface area contributed by atoms with Crippen LogP contribution in [0.15, 0.2) is 53.7 Å². The highest BCUT2D eigenvalue weighted by molar-refractivity contribution is 8.13. The smallest absolute Gasteiger partial charge is 0.183 e. The standard InChI is InChI=1S/C14H12N4S/c1-19-14(17-10-15)18-13-8-3-2-6-11(13)12-7-4-5-9-16-12/h2-9H,1H3,(H,17,18). The van der Waals surface area contributed by atoms with Crippen molar-refractivity contribution in [1.82, 2.24) is 10.3 Å². The van der Waals surface area contributed by atoms with Gasteiger partial charge in [-0.3, -0.25) is 10.3 Å². The molecule has 0 fully saturated rings. The number of aliphatic imine (C=N–C) groups is 1. The second-order valence-corrected chi connectivity index (χ2v) is 4.38. The molecule has 2 rings (SSSR count). The lowest BCUT2D eigenvalue weighted by Crippen LogP contribution is -2.12. The number of hydrogen-bond acceptors (Lipinski definition) is 4. The van der Waals surface area contributed by atoms with E-state index in [2.05, 4.69) is 15.3 Å². The molecule has 0 saturated heterocycles. The van der Waals surface area contributed by atoms with Gasteiger partial charge in [-0.05, 0) is 24.5 Å². The van der Waals surface area contributed by atoms with Crippen LogP contribution in [0, 0.1) is 11.5 Å². The molecule has 1 aromatic carbocycles. The number of nitrogens with one attached hydrogen (secondary N) is 1. The number of thioether (sulfide) groups is 1. The molecule has 5 heteroatoms. The minimum Gasteiger partial charge on any atom is -0.271 e. The number of aromatic nitrogens is 1. The molecular formula is C14H12N4S. The van der Waals surface area contributed by atoms with Crippen LogP contribution in [0.2, 0.25) is 0 Å². The monoisotopic (exact) mass is 268 g/mol. The first-order valence-corrected chi connectivity index (χ1v) is 6.86. The summed E-state index contributed by atoms with van der Waals surface area (Å²) in [7, 11) is 0. The number of para-hydroxylation sites is 1. The van der Waals surface area contributed by atoms with Gasteiger partial charge in [0.05, 0.1) is 11.4 Å². The predicted octanol–water partition coefficient (Wildman–Crippen LogP) is 3.17.